The van der Waals surface area contributed by atoms with E-state index in [1.54, 1.807) is 11.3 Å². The second kappa shape index (κ2) is 7.64. The lowest BCUT2D eigenvalue weighted by molar-refractivity contribution is 0.194. The van der Waals surface area contributed by atoms with Crippen LogP contribution in [0.15, 0.2) is 24.3 Å². The maximum Gasteiger partial charge on any atom is 0.317 e. The van der Waals surface area contributed by atoms with Crippen LogP contribution in [0.4, 0.5) is 9.93 Å². The van der Waals surface area contributed by atoms with E-state index >= 15 is 0 Å². The van der Waals surface area contributed by atoms with Crippen LogP contribution in [0, 0.1) is 0 Å². The standard InChI is InChI=1S/C17H24N4OS/c1-2-3-6-9-18-16(22)20-10-12-21(13-11-20)17-19-14-7-4-5-8-15(14)23-17/h4-5,7-8H,2-3,6,9-13H2,1H3,(H,18,22). The Balaban J connectivity index is 1.50. The van der Waals surface area contributed by atoms with Gasteiger partial charge in [0.2, 0.25) is 0 Å². The number of hydrogen-bond acceptors (Lipinski definition) is 4. The molecule has 2 amide bonds. The summed E-state index contributed by atoms with van der Waals surface area (Å²) in [7, 11) is 0. The maximum absolute atomic E-state index is 12.1. The molecule has 0 atom stereocenters. The number of para-hydroxylation sites is 1. The SMILES string of the molecule is CCCCCNC(=O)N1CCN(c2nc3ccccc3s2)CC1. The van der Waals surface area contributed by atoms with Crippen molar-refractivity contribution in [3.8, 4) is 0 Å². The van der Waals surface area contributed by atoms with Crippen LogP contribution in [0.5, 0.6) is 0 Å². The van der Waals surface area contributed by atoms with E-state index in [-0.39, 0.29) is 6.03 Å². The van der Waals surface area contributed by atoms with Crippen LogP contribution in [-0.2, 0) is 0 Å². The summed E-state index contributed by atoms with van der Waals surface area (Å²) in [5, 5.41) is 4.08. The molecule has 23 heavy (non-hydrogen) atoms. The van der Waals surface area contributed by atoms with Gasteiger partial charge in [0.25, 0.3) is 0 Å². The molecule has 0 aliphatic carbocycles. The van der Waals surface area contributed by atoms with Crippen LogP contribution in [0.2, 0.25) is 0 Å². The number of fused-ring (bicyclic) bond motifs is 1. The zero-order valence-corrected chi connectivity index (χ0v) is 14.4. The Bertz CT molecular complexity index is 616. The van der Waals surface area contributed by atoms with E-state index in [2.05, 4.69) is 29.3 Å². The van der Waals surface area contributed by atoms with Crippen molar-refractivity contribution in [1.29, 1.82) is 0 Å². The number of carbonyl (C=O) groups is 1. The molecule has 6 heteroatoms. The minimum absolute atomic E-state index is 0.0741. The molecule has 1 aromatic carbocycles. The number of urea groups is 1. The van der Waals surface area contributed by atoms with Gasteiger partial charge < -0.3 is 15.1 Å². The van der Waals surface area contributed by atoms with E-state index in [0.717, 1.165) is 49.8 Å². The molecule has 0 bridgehead atoms. The summed E-state index contributed by atoms with van der Waals surface area (Å²) >= 11 is 1.73. The first-order chi connectivity index (χ1) is 11.3. The van der Waals surface area contributed by atoms with Crippen LogP contribution in [0.1, 0.15) is 26.2 Å². The highest BCUT2D eigenvalue weighted by Crippen LogP contribution is 2.29. The molecule has 2 aromatic rings. The van der Waals surface area contributed by atoms with E-state index < -0.39 is 0 Å². The van der Waals surface area contributed by atoms with Crippen LogP contribution >= 0.6 is 11.3 Å². The third-order valence-corrected chi connectivity index (χ3v) is 5.27. The fourth-order valence-electron chi connectivity index (χ4n) is 2.78. The number of hydrogen-bond donors (Lipinski definition) is 1. The highest BCUT2D eigenvalue weighted by atomic mass is 32.1. The Morgan fingerprint density at radius 2 is 2.00 bits per heavy atom. The summed E-state index contributed by atoms with van der Waals surface area (Å²) in [6, 6.07) is 8.30. The predicted molar refractivity (Wildman–Crippen MR) is 96.3 cm³/mol. The van der Waals surface area contributed by atoms with E-state index in [1.807, 2.05) is 17.0 Å². The zero-order valence-electron chi connectivity index (χ0n) is 13.6. The number of amides is 2. The number of benzene rings is 1. The number of aromatic nitrogens is 1. The summed E-state index contributed by atoms with van der Waals surface area (Å²) in [4.78, 5) is 21.0. The number of carbonyl (C=O) groups excluding carboxylic acids is 1. The Labute approximate surface area is 141 Å². The van der Waals surface area contributed by atoms with Crippen molar-refractivity contribution in [1.82, 2.24) is 15.2 Å². The quantitative estimate of drug-likeness (QED) is 0.855. The fraction of sp³-hybridized carbons (Fsp3) is 0.529. The molecule has 1 fully saturated rings. The summed E-state index contributed by atoms with van der Waals surface area (Å²) in [5.74, 6) is 0. The predicted octanol–water partition coefficient (Wildman–Crippen LogP) is 3.32. The summed E-state index contributed by atoms with van der Waals surface area (Å²) < 4.78 is 1.22. The first-order valence-electron chi connectivity index (χ1n) is 8.41. The average molecular weight is 332 g/mol. The van der Waals surface area contributed by atoms with Crippen LogP contribution < -0.4 is 10.2 Å². The van der Waals surface area contributed by atoms with Gasteiger partial charge in [0.1, 0.15) is 0 Å². The van der Waals surface area contributed by atoms with Gasteiger partial charge >= 0.3 is 6.03 Å². The number of thiazole rings is 1. The molecule has 2 heterocycles. The molecule has 0 unspecified atom stereocenters. The van der Waals surface area contributed by atoms with Crippen molar-refractivity contribution < 1.29 is 4.79 Å². The molecular weight excluding hydrogens is 308 g/mol. The van der Waals surface area contributed by atoms with Gasteiger partial charge in [0.15, 0.2) is 5.13 Å². The Kier molecular flexibility index (Phi) is 5.33. The zero-order chi connectivity index (χ0) is 16.1. The molecule has 1 aliphatic rings. The molecule has 1 N–H and O–H groups in total. The maximum atomic E-state index is 12.1. The molecule has 124 valence electrons. The smallest absolute Gasteiger partial charge is 0.317 e. The number of rotatable bonds is 5. The number of anilines is 1. The molecule has 3 rings (SSSR count). The highest BCUT2D eigenvalue weighted by Gasteiger charge is 2.22. The number of nitrogens with zero attached hydrogens (tertiary/aromatic N) is 3. The van der Waals surface area contributed by atoms with E-state index in [0.29, 0.717) is 0 Å². The third kappa shape index (κ3) is 3.93. The van der Waals surface area contributed by atoms with Crippen molar-refractivity contribution in [3.05, 3.63) is 24.3 Å². The Hall–Kier alpha value is -1.82. The van der Waals surface area contributed by atoms with Gasteiger partial charge in [-0.1, -0.05) is 43.2 Å². The van der Waals surface area contributed by atoms with Crippen molar-refractivity contribution in [2.24, 2.45) is 0 Å². The monoisotopic (exact) mass is 332 g/mol. The first-order valence-corrected chi connectivity index (χ1v) is 9.23. The van der Waals surface area contributed by atoms with Gasteiger partial charge in [-0.05, 0) is 18.6 Å². The lowest BCUT2D eigenvalue weighted by Crippen LogP contribution is -2.52. The number of nitrogens with one attached hydrogen (secondary N) is 1. The van der Waals surface area contributed by atoms with Gasteiger partial charge in [0.05, 0.1) is 10.2 Å². The lowest BCUT2D eigenvalue weighted by atomic mass is 10.2. The van der Waals surface area contributed by atoms with Gasteiger partial charge in [-0.25, -0.2) is 9.78 Å². The second-order valence-corrected chi connectivity index (χ2v) is 6.89. The lowest BCUT2D eigenvalue weighted by Gasteiger charge is -2.34. The second-order valence-electron chi connectivity index (χ2n) is 5.88. The van der Waals surface area contributed by atoms with Crippen molar-refractivity contribution in [2.45, 2.75) is 26.2 Å². The molecule has 0 saturated carbocycles. The summed E-state index contributed by atoms with van der Waals surface area (Å²) in [6.07, 6.45) is 3.41. The molecule has 1 aliphatic heterocycles. The minimum atomic E-state index is 0.0741. The van der Waals surface area contributed by atoms with Gasteiger partial charge in [-0.15, -0.1) is 0 Å². The van der Waals surface area contributed by atoms with Crippen molar-refractivity contribution in [3.63, 3.8) is 0 Å². The van der Waals surface area contributed by atoms with E-state index in [4.69, 9.17) is 4.98 Å². The van der Waals surface area contributed by atoms with Gasteiger partial charge in [-0.3, -0.25) is 0 Å². The topological polar surface area (TPSA) is 48.5 Å². The summed E-state index contributed by atoms with van der Waals surface area (Å²) in [6.45, 7) is 6.17. The highest BCUT2D eigenvalue weighted by molar-refractivity contribution is 7.22. The molecule has 1 aromatic heterocycles. The van der Waals surface area contributed by atoms with Crippen molar-refractivity contribution in [2.75, 3.05) is 37.6 Å². The molecule has 1 saturated heterocycles. The average Bonchev–Trinajstić information content (AvgIpc) is 3.03. The normalized spacial score (nSPS) is 15.2. The minimum Gasteiger partial charge on any atom is -0.345 e. The Morgan fingerprint density at radius 1 is 1.22 bits per heavy atom. The van der Waals surface area contributed by atoms with E-state index in [9.17, 15) is 4.79 Å². The Morgan fingerprint density at radius 3 is 2.74 bits per heavy atom. The largest absolute Gasteiger partial charge is 0.345 e. The van der Waals surface area contributed by atoms with E-state index in [1.165, 1.54) is 17.5 Å². The van der Waals surface area contributed by atoms with Gasteiger partial charge in [-0.2, -0.15) is 0 Å². The summed E-state index contributed by atoms with van der Waals surface area (Å²) in [5.41, 5.74) is 1.06. The first kappa shape index (κ1) is 16.1. The van der Waals surface area contributed by atoms with Crippen LogP contribution in [0.3, 0.4) is 0 Å². The third-order valence-electron chi connectivity index (χ3n) is 4.18. The van der Waals surface area contributed by atoms with Crippen molar-refractivity contribution >= 4 is 32.7 Å². The van der Waals surface area contributed by atoms with Crippen LogP contribution in [0.25, 0.3) is 10.2 Å². The van der Waals surface area contributed by atoms with Gasteiger partial charge in [0, 0.05) is 32.7 Å². The molecule has 5 nitrogen and oxygen atoms in total. The van der Waals surface area contributed by atoms with Crippen LogP contribution in [-0.4, -0.2) is 48.6 Å². The number of piperazine rings is 1. The molecule has 0 radical (unpaired) electrons. The molecule has 0 spiro atoms. The fourth-order valence-corrected chi connectivity index (χ4v) is 3.80. The number of unbranched alkanes of at least 4 members (excludes halogenated alkanes) is 2. The molecular formula is C17H24N4OS.